The van der Waals surface area contributed by atoms with E-state index in [1.165, 1.54) is 4.90 Å². The number of hydrogen-bond donors (Lipinski definition) is 1. The van der Waals surface area contributed by atoms with E-state index in [0.29, 0.717) is 6.54 Å². The molecule has 24 heavy (non-hydrogen) atoms. The summed E-state index contributed by atoms with van der Waals surface area (Å²) in [5, 5.41) is 14.7. The maximum Gasteiger partial charge on any atom is 0.152 e. The summed E-state index contributed by atoms with van der Waals surface area (Å²) < 4.78 is 0. The summed E-state index contributed by atoms with van der Waals surface area (Å²) in [6.45, 7) is 9.23. The molecule has 0 saturated heterocycles. The van der Waals surface area contributed by atoms with Crippen LogP contribution in [0.5, 0.6) is 0 Å². The van der Waals surface area contributed by atoms with Gasteiger partial charge in [0, 0.05) is 28.1 Å². The summed E-state index contributed by atoms with van der Waals surface area (Å²) in [6.07, 6.45) is 1.43. The molecule has 0 fully saturated rings. The Morgan fingerprint density at radius 1 is 1.21 bits per heavy atom. The second-order valence-corrected chi connectivity index (χ2v) is 7.88. The van der Waals surface area contributed by atoms with E-state index in [2.05, 4.69) is 50.2 Å². The molecule has 5 heteroatoms. The highest BCUT2D eigenvalue weighted by molar-refractivity contribution is 7.98. The van der Waals surface area contributed by atoms with Gasteiger partial charge in [0.15, 0.2) is 6.23 Å². The Balaban J connectivity index is 2.13. The van der Waals surface area contributed by atoms with Gasteiger partial charge in [0.05, 0.1) is 5.69 Å². The molecule has 3 rings (SSSR count). The third-order valence-electron chi connectivity index (χ3n) is 4.33. The lowest BCUT2D eigenvalue weighted by Crippen LogP contribution is -2.37. The average molecular weight is 343 g/mol. The molecule has 1 atom stereocenters. The zero-order valence-corrected chi connectivity index (χ0v) is 15.8. The van der Waals surface area contributed by atoms with Crippen molar-refractivity contribution < 1.29 is 5.11 Å². The first kappa shape index (κ1) is 17.3. The number of anilines is 2. The summed E-state index contributed by atoms with van der Waals surface area (Å²) in [4.78, 5) is 6.06. The Morgan fingerprint density at radius 3 is 2.58 bits per heavy atom. The minimum Gasteiger partial charge on any atom is -0.372 e. The van der Waals surface area contributed by atoms with E-state index in [4.69, 9.17) is 4.98 Å². The first-order valence-corrected chi connectivity index (χ1v) is 9.49. The van der Waals surface area contributed by atoms with Gasteiger partial charge in [0.25, 0.3) is 0 Å². The highest BCUT2D eigenvalue weighted by atomic mass is 32.2. The summed E-state index contributed by atoms with van der Waals surface area (Å²) in [7, 11) is 0. The number of benzene rings is 1. The SMILES string of the molecule is CCN1C(O)c2ccc(SC)cc2N1c1cccc(C(C)(C)C)n1. The lowest BCUT2D eigenvalue weighted by atomic mass is 9.92. The third kappa shape index (κ3) is 2.92. The smallest absolute Gasteiger partial charge is 0.152 e. The van der Waals surface area contributed by atoms with Crippen LogP contribution in [0.1, 0.15) is 45.2 Å². The molecule has 1 aliphatic heterocycles. The van der Waals surface area contributed by atoms with Crippen molar-refractivity contribution in [3.05, 3.63) is 47.7 Å². The van der Waals surface area contributed by atoms with Gasteiger partial charge >= 0.3 is 0 Å². The van der Waals surface area contributed by atoms with Gasteiger partial charge in [0.1, 0.15) is 5.82 Å². The predicted molar refractivity (Wildman–Crippen MR) is 101 cm³/mol. The highest BCUT2D eigenvalue weighted by Gasteiger charge is 2.36. The number of aliphatic hydroxyl groups is 1. The third-order valence-corrected chi connectivity index (χ3v) is 5.05. The van der Waals surface area contributed by atoms with Crippen LogP contribution in [0.4, 0.5) is 11.5 Å². The molecule has 0 amide bonds. The van der Waals surface area contributed by atoms with Crippen molar-refractivity contribution in [2.24, 2.45) is 0 Å². The monoisotopic (exact) mass is 343 g/mol. The van der Waals surface area contributed by atoms with E-state index in [0.717, 1.165) is 22.8 Å². The Bertz CT molecular complexity index is 742. The first-order chi connectivity index (χ1) is 11.4. The van der Waals surface area contributed by atoms with Crippen LogP contribution < -0.4 is 5.01 Å². The molecular formula is C19H25N3OS. The van der Waals surface area contributed by atoms with Gasteiger partial charge in [-0.3, -0.25) is 5.01 Å². The van der Waals surface area contributed by atoms with E-state index in [1.807, 2.05) is 30.1 Å². The van der Waals surface area contributed by atoms with Crippen LogP contribution in [0.2, 0.25) is 0 Å². The number of fused-ring (bicyclic) bond motifs is 1. The van der Waals surface area contributed by atoms with Crippen molar-refractivity contribution in [3.63, 3.8) is 0 Å². The van der Waals surface area contributed by atoms with E-state index in [1.54, 1.807) is 11.8 Å². The summed E-state index contributed by atoms with van der Waals surface area (Å²) in [5.41, 5.74) is 2.96. The number of aromatic nitrogens is 1. The van der Waals surface area contributed by atoms with Crippen LogP contribution in [-0.4, -0.2) is 27.9 Å². The number of aliphatic hydroxyl groups excluding tert-OH is 1. The fraction of sp³-hybridized carbons (Fsp3) is 0.421. The second kappa shape index (κ2) is 6.39. The largest absolute Gasteiger partial charge is 0.372 e. The number of pyridine rings is 1. The topological polar surface area (TPSA) is 39.6 Å². The van der Waals surface area contributed by atoms with Crippen LogP contribution in [0.25, 0.3) is 0 Å². The fourth-order valence-electron chi connectivity index (χ4n) is 2.99. The van der Waals surface area contributed by atoms with Crippen molar-refractivity contribution in [3.8, 4) is 0 Å². The van der Waals surface area contributed by atoms with Crippen LogP contribution in [0.15, 0.2) is 41.3 Å². The molecule has 1 aliphatic rings. The zero-order valence-electron chi connectivity index (χ0n) is 14.9. The van der Waals surface area contributed by atoms with Gasteiger partial charge in [-0.15, -0.1) is 11.8 Å². The molecule has 0 spiro atoms. The molecule has 1 aromatic carbocycles. The molecule has 0 saturated carbocycles. The van der Waals surface area contributed by atoms with Crippen LogP contribution in [0, 0.1) is 0 Å². The van der Waals surface area contributed by atoms with Gasteiger partial charge in [-0.25, -0.2) is 4.98 Å². The van der Waals surface area contributed by atoms with Gasteiger partial charge in [0.2, 0.25) is 0 Å². The number of thioether (sulfide) groups is 1. The normalized spacial score (nSPS) is 18.1. The van der Waals surface area contributed by atoms with Crippen molar-refractivity contribution in [2.45, 2.75) is 44.2 Å². The average Bonchev–Trinajstić information content (AvgIpc) is 2.85. The molecule has 128 valence electrons. The molecule has 1 N–H and O–H groups in total. The standard InChI is InChI=1S/C19H25N3OS/c1-6-21-18(23)14-11-10-13(24-5)12-15(14)22(21)17-9-7-8-16(20-17)19(2,3)4/h7-12,18,23H,6H2,1-5H3. The molecule has 0 aliphatic carbocycles. The summed E-state index contributed by atoms with van der Waals surface area (Å²) >= 11 is 1.70. The molecule has 0 radical (unpaired) electrons. The molecule has 2 heterocycles. The van der Waals surface area contributed by atoms with Gasteiger partial charge in [-0.1, -0.05) is 39.8 Å². The maximum atomic E-state index is 10.7. The van der Waals surface area contributed by atoms with Crippen molar-refractivity contribution in [1.29, 1.82) is 0 Å². The van der Waals surface area contributed by atoms with Crippen LogP contribution in [0.3, 0.4) is 0 Å². The highest BCUT2D eigenvalue weighted by Crippen LogP contribution is 2.44. The van der Waals surface area contributed by atoms with E-state index >= 15 is 0 Å². The molecule has 4 nitrogen and oxygen atoms in total. The van der Waals surface area contributed by atoms with Crippen molar-refractivity contribution in [2.75, 3.05) is 17.8 Å². The molecule has 1 unspecified atom stereocenters. The zero-order chi connectivity index (χ0) is 17.5. The van der Waals surface area contributed by atoms with Gasteiger partial charge < -0.3 is 5.11 Å². The number of nitrogens with zero attached hydrogens (tertiary/aromatic N) is 3. The van der Waals surface area contributed by atoms with Gasteiger partial charge in [-0.05, 0) is 30.5 Å². The predicted octanol–water partition coefficient (Wildman–Crippen LogP) is 4.48. The maximum absolute atomic E-state index is 10.7. The minimum absolute atomic E-state index is 0.0185. The molecule has 2 aromatic rings. The van der Waals surface area contributed by atoms with Crippen molar-refractivity contribution >= 4 is 23.3 Å². The fourth-order valence-corrected chi connectivity index (χ4v) is 3.42. The lowest BCUT2D eigenvalue weighted by Gasteiger charge is -2.31. The van der Waals surface area contributed by atoms with E-state index in [9.17, 15) is 5.11 Å². The quantitative estimate of drug-likeness (QED) is 0.832. The van der Waals surface area contributed by atoms with Gasteiger partial charge in [-0.2, -0.15) is 5.01 Å². The molecule has 1 aromatic heterocycles. The Kier molecular flexibility index (Phi) is 4.60. The number of hydrogen-bond acceptors (Lipinski definition) is 5. The Morgan fingerprint density at radius 2 is 1.96 bits per heavy atom. The van der Waals surface area contributed by atoms with E-state index in [-0.39, 0.29) is 5.41 Å². The lowest BCUT2D eigenvalue weighted by molar-refractivity contribution is 0.0202. The van der Waals surface area contributed by atoms with E-state index < -0.39 is 6.23 Å². The Hall–Kier alpha value is -1.56. The summed E-state index contributed by atoms with van der Waals surface area (Å²) in [5.74, 6) is 0.848. The first-order valence-electron chi connectivity index (χ1n) is 8.27. The second-order valence-electron chi connectivity index (χ2n) is 7.00. The molecule has 0 bridgehead atoms. The number of hydrazine groups is 1. The minimum atomic E-state index is -0.638. The van der Waals surface area contributed by atoms with Crippen LogP contribution >= 0.6 is 11.8 Å². The summed E-state index contributed by atoms with van der Waals surface area (Å²) in [6, 6.07) is 12.3. The number of rotatable bonds is 3. The van der Waals surface area contributed by atoms with Crippen molar-refractivity contribution in [1.82, 2.24) is 9.99 Å². The molecular weight excluding hydrogens is 318 g/mol. The Labute approximate surface area is 148 Å². The van der Waals surface area contributed by atoms with Crippen LogP contribution in [-0.2, 0) is 5.41 Å².